The van der Waals surface area contributed by atoms with Crippen LogP contribution in [0.3, 0.4) is 0 Å². The van der Waals surface area contributed by atoms with E-state index >= 15 is 0 Å². The predicted molar refractivity (Wildman–Crippen MR) is 87.8 cm³/mol. The highest BCUT2D eigenvalue weighted by Gasteiger charge is 2.15. The van der Waals surface area contributed by atoms with Crippen molar-refractivity contribution in [2.45, 2.75) is 20.8 Å². The molecule has 0 fully saturated rings. The Bertz CT molecular complexity index is 566. The zero-order valence-electron chi connectivity index (χ0n) is 14.2. The molecule has 1 aromatic carbocycles. The molecule has 0 N–H and O–H groups in total. The summed E-state index contributed by atoms with van der Waals surface area (Å²) in [5.41, 5.74) is 0.704. The molecule has 6 heteroatoms. The number of amides is 1. The topological polar surface area (TPSA) is 65.1 Å². The van der Waals surface area contributed by atoms with Crippen molar-refractivity contribution < 1.29 is 23.8 Å². The molecular formula is C17H23NO5. The fraction of sp³-hybridized carbons (Fsp3) is 0.412. The molecule has 0 bridgehead atoms. The fourth-order valence-electron chi connectivity index (χ4n) is 2.05. The lowest BCUT2D eigenvalue weighted by atomic mass is 10.1. The summed E-state index contributed by atoms with van der Waals surface area (Å²) >= 11 is 0. The summed E-state index contributed by atoms with van der Waals surface area (Å²) in [6.45, 7) is 6.45. The molecule has 0 aromatic heterocycles. The minimum atomic E-state index is -0.471. The van der Waals surface area contributed by atoms with Crippen molar-refractivity contribution in [1.82, 2.24) is 4.90 Å². The first kappa shape index (κ1) is 18.5. The predicted octanol–water partition coefficient (Wildman–Crippen LogP) is 2.51. The number of ether oxygens (including phenoxy) is 3. The molecule has 1 aromatic rings. The van der Waals surface area contributed by atoms with Crippen LogP contribution < -0.4 is 14.2 Å². The van der Waals surface area contributed by atoms with Crippen LogP contribution in [0.25, 0.3) is 6.08 Å². The molecule has 1 rings (SSSR count). The first-order chi connectivity index (χ1) is 11.0. The van der Waals surface area contributed by atoms with Crippen molar-refractivity contribution in [3.63, 3.8) is 0 Å². The molecule has 1 amide bonds. The Morgan fingerprint density at radius 2 is 1.61 bits per heavy atom. The van der Waals surface area contributed by atoms with Gasteiger partial charge in [-0.2, -0.15) is 0 Å². The number of benzene rings is 1. The number of carbonyl (C=O) groups excluding carboxylic acids is 2. The molecular weight excluding hydrogens is 298 g/mol. The molecule has 0 aliphatic carbocycles. The molecule has 0 saturated carbocycles. The highest BCUT2D eigenvalue weighted by atomic mass is 16.6. The third-order valence-electron chi connectivity index (χ3n) is 3.22. The number of nitrogens with zero attached hydrogens (tertiary/aromatic N) is 1. The lowest BCUT2D eigenvalue weighted by Crippen LogP contribution is -2.28. The van der Waals surface area contributed by atoms with Gasteiger partial charge in [0.2, 0.25) is 11.7 Å². The summed E-state index contributed by atoms with van der Waals surface area (Å²) in [7, 11) is 2.94. The van der Waals surface area contributed by atoms with Crippen molar-refractivity contribution in [1.29, 1.82) is 0 Å². The van der Waals surface area contributed by atoms with Gasteiger partial charge in [-0.1, -0.05) is 0 Å². The molecule has 0 aliphatic heterocycles. The fourth-order valence-corrected chi connectivity index (χ4v) is 2.05. The molecule has 0 atom stereocenters. The Kier molecular flexibility index (Phi) is 7.12. The van der Waals surface area contributed by atoms with Crippen molar-refractivity contribution in [2.24, 2.45) is 0 Å². The molecule has 126 valence electrons. The van der Waals surface area contributed by atoms with Gasteiger partial charge in [0.15, 0.2) is 11.5 Å². The van der Waals surface area contributed by atoms with Gasteiger partial charge in [0.25, 0.3) is 0 Å². The number of hydrogen-bond donors (Lipinski definition) is 0. The van der Waals surface area contributed by atoms with Gasteiger partial charge in [-0.25, -0.2) is 0 Å². The van der Waals surface area contributed by atoms with Crippen molar-refractivity contribution >= 4 is 18.0 Å². The Hall–Kier alpha value is -2.50. The standard InChI is InChI=1S/C17H23NO5/c1-6-18(7-2)16(20)9-8-13-10-14(21-4)17(23-12(3)19)15(11-13)22-5/h8-11H,6-7H2,1-5H3. The van der Waals surface area contributed by atoms with Gasteiger partial charge in [-0.05, 0) is 37.6 Å². The van der Waals surface area contributed by atoms with Crippen molar-refractivity contribution in [3.8, 4) is 17.2 Å². The first-order valence-corrected chi connectivity index (χ1v) is 7.38. The molecule has 0 aliphatic rings. The molecule has 0 saturated heterocycles. The van der Waals surface area contributed by atoms with E-state index in [0.717, 1.165) is 0 Å². The van der Waals surface area contributed by atoms with Gasteiger partial charge < -0.3 is 19.1 Å². The molecule has 0 unspecified atom stereocenters. The van der Waals surface area contributed by atoms with E-state index in [2.05, 4.69) is 0 Å². The maximum absolute atomic E-state index is 12.0. The van der Waals surface area contributed by atoms with E-state index in [1.807, 2.05) is 13.8 Å². The smallest absolute Gasteiger partial charge is 0.308 e. The summed E-state index contributed by atoms with van der Waals surface area (Å²) in [5, 5.41) is 0. The lowest BCUT2D eigenvalue weighted by molar-refractivity contribution is -0.132. The maximum atomic E-state index is 12.0. The molecule has 6 nitrogen and oxygen atoms in total. The zero-order chi connectivity index (χ0) is 17.4. The average molecular weight is 321 g/mol. The van der Waals surface area contributed by atoms with Crippen LogP contribution in [0.1, 0.15) is 26.3 Å². The average Bonchev–Trinajstić information content (AvgIpc) is 2.54. The third kappa shape index (κ3) is 5.02. The highest BCUT2D eigenvalue weighted by Crippen LogP contribution is 2.39. The number of methoxy groups -OCH3 is 2. The number of carbonyl (C=O) groups is 2. The SMILES string of the molecule is CCN(CC)C(=O)C=Cc1cc(OC)c(OC(C)=O)c(OC)c1. The third-order valence-corrected chi connectivity index (χ3v) is 3.22. The molecule has 0 radical (unpaired) electrons. The second-order valence-electron chi connectivity index (χ2n) is 4.69. The van der Waals surface area contributed by atoms with Crippen molar-refractivity contribution in [2.75, 3.05) is 27.3 Å². The van der Waals surface area contributed by atoms with E-state index < -0.39 is 5.97 Å². The second-order valence-corrected chi connectivity index (χ2v) is 4.69. The second kappa shape index (κ2) is 8.82. The lowest BCUT2D eigenvalue weighted by Gasteiger charge is -2.16. The maximum Gasteiger partial charge on any atom is 0.308 e. The Morgan fingerprint density at radius 3 is 2.00 bits per heavy atom. The van der Waals surface area contributed by atoms with Crippen LogP contribution in [0.15, 0.2) is 18.2 Å². The Morgan fingerprint density at radius 1 is 1.09 bits per heavy atom. The van der Waals surface area contributed by atoms with Gasteiger partial charge >= 0.3 is 5.97 Å². The van der Waals surface area contributed by atoms with Crippen LogP contribution in [0.4, 0.5) is 0 Å². The van der Waals surface area contributed by atoms with E-state index in [9.17, 15) is 9.59 Å². The number of likely N-dealkylation sites (N-methyl/N-ethyl adjacent to an activating group) is 1. The van der Waals surface area contributed by atoms with Crippen LogP contribution in [0.2, 0.25) is 0 Å². The largest absolute Gasteiger partial charge is 0.493 e. The minimum Gasteiger partial charge on any atom is -0.493 e. The van der Waals surface area contributed by atoms with E-state index in [-0.39, 0.29) is 11.7 Å². The Balaban J connectivity index is 3.14. The van der Waals surface area contributed by atoms with Crippen molar-refractivity contribution in [3.05, 3.63) is 23.8 Å². The molecule has 0 heterocycles. The highest BCUT2D eigenvalue weighted by molar-refractivity contribution is 5.92. The zero-order valence-corrected chi connectivity index (χ0v) is 14.2. The first-order valence-electron chi connectivity index (χ1n) is 7.38. The van der Waals surface area contributed by atoms with Gasteiger partial charge in [-0.3, -0.25) is 9.59 Å². The summed E-state index contributed by atoms with van der Waals surface area (Å²) < 4.78 is 15.6. The van der Waals surface area contributed by atoms with Crippen LogP contribution in [-0.4, -0.2) is 44.1 Å². The van der Waals surface area contributed by atoms with E-state index in [1.54, 1.807) is 23.1 Å². The summed E-state index contributed by atoms with van der Waals surface area (Å²) in [6, 6.07) is 3.35. The minimum absolute atomic E-state index is 0.0722. The van der Waals surface area contributed by atoms with Crippen LogP contribution in [0.5, 0.6) is 17.2 Å². The van der Waals surface area contributed by atoms with Crippen LogP contribution in [0, 0.1) is 0 Å². The monoisotopic (exact) mass is 321 g/mol. The summed E-state index contributed by atoms with van der Waals surface area (Å²) in [4.78, 5) is 24.9. The van der Waals surface area contributed by atoms with E-state index in [1.165, 1.54) is 27.2 Å². The quantitative estimate of drug-likeness (QED) is 0.438. The molecule has 23 heavy (non-hydrogen) atoms. The van der Waals surface area contributed by atoms with Crippen LogP contribution in [-0.2, 0) is 9.59 Å². The van der Waals surface area contributed by atoms with E-state index in [4.69, 9.17) is 14.2 Å². The normalized spacial score (nSPS) is 10.5. The van der Waals surface area contributed by atoms with Gasteiger partial charge in [0.1, 0.15) is 0 Å². The Labute approximate surface area is 136 Å². The van der Waals surface area contributed by atoms with Gasteiger partial charge in [-0.15, -0.1) is 0 Å². The number of hydrogen-bond acceptors (Lipinski definition) is 5. The van der Waals surface area contributed by atoms with Gasteiger partial charge in [0, 0.05) is 26.1 Å². The van der Waals surface area contributed by atoms with Gasteiger partial charge in [0.05, 0.1) is 14.2 Å². The number of rotatable bonds is 7. The number of esters is 1. The summed E-state index contributed by atoms with van der Waals surface area (Å²) in [5.74, 6) is 0.386. The molecule has 0 spiro atoms. The van der Waals surface area contributed by atoms with E-state index in [0.29, 0.717) is 30.2 Å². The van der Waals surface area contributed by atoms with Crippen LogP contribution >= 0.6 is 0 Å². The summed E-state index contributed by atoms with van der Waals surface area (Å²) in [6.07, 6.45) is 3.16.